The Hall–Kier alpha value is -1.07. The molecule has 1 aromatic carbocycles. The van der Waals surface area contributed by atoms with Gasteiger partial charge in [-0.1, -0.05) is 12.1 Å². The summed E-state index contributed by atoms with van der Waals surface area (Å²) < 4.78 is 23.0. The van der Waals surface area contributed by atoms with Gasteiger partial charge in [0.05, 0.1) is 11.5 Å². The first-order valence-corrected chi connectivity index (χ1v) is 8.06. The molecule has 5 heteroatoms. The van der Waals surface area contributed by atoms with E-state index < -0.39 is 9.84 Å². The van der Waals surface area contributed by atoms with Gasteiger partial charge in [-0.05, 0) is 37.1 Å². The van der Waals surface area contributed by atoms with Crippen molar-refractivity contribution in [3.05, 3.63) is 29.8 Å². The molecule has 1 heterocycles. The van der Waals surface area contributed by atoms with Gasteiger partial charge in [-0.2, -0.15) is 0 Å². The van der Waals surface area contributed by atoms with E-state index in [-0.39, 0.29) is 11.8 Å². The molecule has 1 fully saturated rings. The second-order valence-corrected chi connectivity index (χ2v) is 7.10. The second-order valence-electron chi connectivity index (χ2n) is 4.87. The Balaban J connectivity index is 2.07. The van der Waals surface area contributed by atoms with Crippen molar-refractivity contribution in [1.29, 1.82) is 0 Å². The van der Waals surface area contributed by atoms with E-state index >= 15 is 0 Å². The lowest BCUT2D eigenvalue weighted by atomic mass is 10.1. The summed E-state index contributed by atoms with van der Waals surface area (Å²) in [6.45, 7) is 0.649. The second kappa shape index (κ2) is 5.28. The summed E-state index contributed by atoms with van der Waals surface area (Å²) in [4.78, 5) is 2.07. The summed E-state index contributed by atoms with van der Waals surface area (Å²) >= 11 is 0. The fraction of sp³-hybridized carbons (Fsp3) is 0.538. The number of nitrogens with zero attached hydrogens (tertiary/aromatic N) is 1. The molecule has 1 aromatic rings. The molecule has 1 atom stereocenters. The summed E-state index contributed by atoms with van der Waals surface area (Å²) in [6.07, 6.45) is 1.60. The highest BCUT2D eigenvalue weighted by atomic mass is 32.2. The van der Waals surface area contributed by atoms with Gasteiger partial charge in [0.2, 0.25) is 0 Å². The zero-order valence-electron chi connectivity index (χ0n) is 10.7. The molecule has 0 amide bonds. The van der Waals surface area contributed by atoms with Crippen LogP contribution in [0.5, 0.6) is 0 Å². The maximum Gasteiger partial charge on any atom is 0.152 e. The lowest BCUT2D eigenvalue weighted by Crippen LogP contribution is -2.32. The Morgan fingerprint density at radius 1 is 1.33 bits per heavy atom. The van der Waals surface area contributed by atoms with Gasteiger partial charge in [-0.3, -0.25) is 0 Å². The van der Waals surface area contributed by atoms with Crippen LogP contribution in [-0.2, 0) is 16.3 Å². The number of sulfone groups is 1. The number of hydrogen-bond acceptors (Lipinski definition) is 4. The Kier molecular flexibility index (Phi) is 3.92. The topological polar surface area (TPSA) is 63.4 Å². The third-order valence-corrected chi connectivity index (χ3v) is 5.28. The average Bonchev–Trinajstić information content (AvgIpc) is 2.70. The Morgan fingerprint density at radius 3 is 2.50 bits per heavy atom. The van der Waals surface area contributed by atoms with E-state index in [4.69, 9.17) is 5.73 Å². The summed E-state index contributed by atoms with van der Waals surface area (Å²) in [5, 5.41) is 0. The van der Waals surface area contributed by atoms with Crippen molar-refractivity contribution in [3.8, 4) is 0 Å². The zero-order chi connectivity index (χ0) is 13.2. The van der Waals surface area contributed by atoms with Crippen LogP contribution in [0.15, 0.2) is 24.3 Å². The summed E-state index contributed by atoms with van der Waals surface area (Å²) in [5.74, 6) is 0.585. The maximum absolute atomic E-state index is 11.5. The Bertz CT molecular complexity index is 496. The average molecular weight is 268 g/mol. The van der Waals surface area contributed by atoms with Crippen molar-refractivity contribution >= 4 is 15.5 Å². The molecule has 0 radical (unpaired) electrons. The van der Waals surface area contributed by atoms with Gasteiger partial charge in [-0.15, -0.1) is 0 Å². The SMILES string of the molecule is CN(c1ccc(CCN)cc1)C1CCS(=O)(=O)C1. The van der Waals surface area contributed by atoms with Crippen molar-refractivity contribution in [2.45, 2.75) is 18.9 Å². The minimum atomic E-state index is -2.82. The summed E-state index contributed by atoms with van der Waals surface area (Å²) in [7, 11) is -0.862. The van der Waals surface area contributed by atoms with Crippen LogP contribution in [-0.4, -0.2) is 39.6 Å². The first-order valence-electron chi connectivity index (χ1n) is 6.24. The normalized spacial score (nSPS) is 22.0. The highest BCUT2D eigenvalue weighted by Crippen LogP contribution is 2.23. The van der Waals surface area contributed by atoms with Gasteiger partial charge in [0.15, 0.2) is 9.84 Å². The van der Waals surface area contributed by atoms with Crippen LogP contribution in [0.1, 0.15) is 12.0 Å². The molecule has 2 N–H and O–H groups in total. The Morgan fingerprint density at radius 2 is 2.00 bits per heavy atom. The van der Waals surface area contributed by atoms with E-state index in [1.54, 1.807) is 0 Å². The van der Waals surface area contributed by atoms with Crippen LogP contribution in [0.4, 0.5) is 5.69 Å². The molecule has 0 aromatic heterocycles. The molecule has 2 rings (SSSR count). The molecule has 0 bridgehead atoms. The van der Waals surface area contributed by atoms with E-state index in [1.807, 2.05) is 19.2 Å². The van der Waals surface area contributed by atoms with Gasteiger partial charge in [-0.25, -0.2) is 8.42 Å². The molecule has 18 heavy (non-hydrogen) atoms. The van der Waals surface area contributed by atoms with Crippen LogP contribution >= 0.6 is 0 Å². The van der Waals surface area contributed by atoms with Gasteiger partial charge in [0, 0.05) is 18.8 Å². The van der Waals surface area contributed by atoms with Gasteiger partial charge >= 0.3 is 0 Å². The molecule has 4 nitrogen and oxygen atoms in total. The van der Waals surface area contributed by atoms with Crippen LogP contribution < -0.4 is 10.6 Å². The molecular weight excluding hydrogens is 248 g/mol. The molecule has 1 aliphatic rings. The maximum atomic E-state index is 11.5. The first-order chi connectivity index (χ1) is 8.52. The number of benzene rings is 1. The van der Waals surface area contributed by atoms with Crippen LogP contribution in [0.25, 0.3) is 0 Å². The smallest absolute Gasteiger partial charge is 0.152 e. The number of anilines is 1. The highest BCUT2D eigenvalue weighted by molar-refractivity contribution is 7.91. The minimum absolute atomic E-state index is 0.107. The highest BCUT2D eigenvalue weighted by Gasteiger charge is 2.30. The molecular formula is C13H20N2O2S. The zero-order valence-corrected chi connectivity index (χ0v) is 11.5. The van der Waals surface area contributed by atoms with Crippen LogP contribution in [0.2, 0.25) is 0 Å². The van der Waals surface area contributed by atoms with E-state index in [2.05, 4.69) is 17.0 Å². The van der Waals surface area contributed by atoms with E-state index in [0.717, 1.165) is 18.5 Å². The van der Waals surface area contributed by atoms with Crippen molar-refractivity contribution < 1.29 is 8.42 Å². The van der Waals surface area contributed by atoms with Crippen molar-refractivity contribution in [2.75, 3.05) is 30.0 Å². The van der Waals surface area contributed by atoms with Crippen molar-refractivity contribution in [2.24, 2.45) is 5.73 Å². The van der Waals surface area contributed by atoms with E-state index in [0.29, 0.717) is 12.3 Å². The third kappa shape index (κ3) is 3.03. The quantitative estimate of drug-likeness (QED) is 0.878. The predicted molar refractivity (Wildman–Crippen MR) is 74.7 cm³/mol. The van der Waals surface area contributed by atoms with Crippen LogP contribution in [0.3, 0.4) is 0 Å². The monoisotopic (exact) mass is 268 g/mol. The van der Waals surface area contributed by atoms with Gasteiger partial charge in [0.1, 0.15) is 0 Å². The Labute approximate surface area is 109 Å². The lowest BCUT2D eigenvalue weighted by Gasteiger charge is -2.25. The van der Waals surface area contributed by atoms with Crippen molar-refractivity contribution in [1.82, 2.24) is 0 Å². The molecule has 0 aliphatic carbocycles. The fourth-order valence-electron chi connectivity index (χ4n) is 2.36. The molecule has 100 valence electrons. The van der Waals surface area contributed by atoms with Crippen molar-refractivity contribution in [3.63, 3.8) is 0 Å². The largest absolute Gasteiger partial charge is 0.371 e. The molecule has 1 unspecified atom stereocenters. The molecule has 0 saturated carbocycles. The summed E-state index contributed by atoms with van der Waals surface area (Å²) in [5.41, 5.74) is 7.79. The van der Waals surface area contributed by atoms with Gasteiger partial charge in [0.25, 0.3) is 0 Å². The number of hydrogen-bond donors (Lipinski definition) is 1. The molecule has 1 saturated heterocycles. The minimum Gasteiger partial charge on any atom is -0.371 e. The molecule has 0 spiro atoms. The standard InChI is InChI=1S/C13H20N2O2S/c1-15(13-7-9-18(16,17)10-13)12-4-2-11(3-5-12)6-8-14/h2-5,13H,6-10,14H2,1H3. The molecule has 1 aliphatic heterocycles. The number of nitrogens with two attached hydrogens (primary N) is 1. The van der Waals surface area contributed by atoms with E-state index in [1.165, 1.54) is 5.56 Å². The van der Waals surface area contributed by atoms with E-state index in [9.17, 15) is 8.42 Å². The third-order valence-electron chi connectivity index (χ3n) is 3.53. The predicted octanol–water partition coefficient (Wildman–Crippen LogP) is 0.811. The van der Waals surface area contributed by atoms with Crippen LogP contribution in [0, 0.1) is 0 Å². The lowest BCUT2D eigenvalue weighted by molar-refractivity contribution is 0.601. The first kappa shape index (κ1) is 13.4. The number of rotatable bonds is 4. The fourth-order valence-corrected chi connectivity index (χ4v) is 4.13. The van der Waals surface area contributed by atoms with Gasteiger partial charge < -0.3 is 10.6 Å². The summed E-state index contributed by atoms with van der Waals surface area (Å²) in [6, 6.07) is 8.30.